The van der Waals surface area contributed by atoms with Gasteiger partial charge in [0, 0.05) is 19.1 Å². The Morgan fingerprint density at radius 2 is 2.05 bits per heavy atom. The van der Waals surface area contributed by atoms with E-state index in [1.807, 2.05) is 0 Å². The molecule has 0 bridgehead atoms. The van der Waals surface area contributed by atoms with E-state index in [1.165, 1.54) is 6.07 Å². The Labute approximate surface area is 108 Å². The second kappa shape index (κ2) is 5.46. The fourth-order valence-corrected chi connectivity index (χ4v) is 2.34. The van der Waals surface area contributed by atoms with Gasteiger partial charge in [-0.3, -0.25) is 0 Å². The first-order valence-corrected chi connectivity index (χ1v) is 6.02. The van der Waals surface area contributed by atoms with E-state index in [4.69, 9.17) is 4.74 Å². The zero-order valence-corrected chi connectivity index (χ0v) is 10.1. The molecule has 2 nitrogen and oxygen atoms in total. The maximum absolute atomic E-state index is 13.2. The molecule has 1 N–H and O–H groups in total. The predicted octanol–water partition coefficient (Wildman–Crippen LogP) is 3.30. The van der Waals surface area contributed by atoms with Crippen molar-refractivity contribution < 1.29 is 27.4 Å². The Kier molecular flexibility index (Phi) is 4.10. The summed E-state index contributed by atoms with van der Waals surface area (Å²) in [6, 6.07) is 2.85. The molecule has 1 aliphatic heterocycles. The van der Waals surface area contributed by atoms with Crippen LogP contribution in [-0.2, 0) is 10.9 Å². The lowest BCUT2D eigenvalue weighted by Crippen LogP contribution is -2.25. The fourth-order valence-electron chi connectivity index (χ4n) is 2.34. The number of aliphatic hydroxyl groups is 1. The number of alkyl halides is 3. The summed E-state index contributed by atoms with van der Waals surface area (Å²) in [5, 5.41) is 9.23. The van der Waals surface area contributed by atoms with Crippen molar-refractivity contribution in [2.45, 2.75) is 25.1 Å². The van der Waals surface area contributed by atoms with Gasteiger partial charge in [-0.05, 0) is 30.5 Å². The quantitative estimate of drug-likeness (QED) is 0.841. The summed E-state index contributed by atoms with van der Waals surface area (Å²) in [6.07, 6.45) is -3.90. The van der Waals surface area contributed by atoms with Crippen LogP contribution < -0.4 is 0 Å². The summed E-state index contributed by atoms with van der Waals surface area (Å²) in [4.78, 5) is 0. The predicted molar refractivity (Wildman–Crippen MR) is 59.9 cm³/mol. The van der Waals surface area contributed by atoms with Gasteiger partial charge in [0.25, 0.3) is 0 Å². The van der Waals surface area contributed by atoms with Gasteiger partial charge >= 0.3 is 6.18 Å². The first kappa shape index (κ1) is 14.3. The number of benzene rings is 1. The molecule has 1 fully saturated rings. The first-order chi connectivity index (χ1) is 8.93. The zero-order valence-electron chi connectivity index (χ0n) is 10.1. The maximum atomic E-state index is 13.2. The van der Waals surface area contributed by atoms with Crippen LogP contribution in [0, 0.1) is 11.7 Å². The molecular formula is C13H14F4O2. The molecule has 0 spiro atoms. The lowest BCUT2D eigenvalue weighted by atomic mass is 9.89. The molecule has 2 rings (SSSR count). The number of hydrogen-bond acceptors (Lipinski definition) is 2. The molecule has 1 saturated heterocycles. The van der Waals surface area contributed by atoms with Crippen LogP contribution >= 0.6 is 0 Å². The third-order valence-corrected chi connectivity index (χ3v) is 3.30. The number of halogens is 4. The second-order valence-electron chi connectivity index (χ2n) is 4.61. The second-order valence-corrected chi connectivity index (χ2v) is 4.61. The Bertz CT molecular complexity index is 445. The molecule has 106 valence electrons. The lowest BCUT2D eigenvalue weighted by Gasteiger charge is -2.31. The molecule has 19 heavy (non-hydrogen) atoms. The largest absolute Gasteiger partial charge is 0.419 e. The highest BCUT2D eigenvalue weighted by Gasteiger charge is 2.36. The van der Waals surface area contributed by atoms with Crippen LogP contribution in [0.5, 0.6) is 0 Å². The van der Waals surface area contributed by atoms with E-state index in [0.717, 1.165) is 18.6 Å². The molecule has 0 radical (unpaired) electrons. The standard InChI is InChI=1S/C13H14F4O2/c14-11-4-3-8(6-10(11)13(15,16)17)12-9(7-18)2-1-5-19-12/h3-4,6,9,12,18H,1-2,5,7H2/t9-,12+/m1/s1. The molecule has 0 aliphatic carbocycles. The van der Waals surface area contributed by atoms with Crippen molar-refractivity contribution in [3.63, 3.8) is 0 Å². The Hall–Kier alpha value is -1.14. The van der Waals surface area contributed by atoms with Gasteiger partial charge in [-0.2, -0.15) is 13.2 Å². The molecule has 1 heterocycles. The Balaban J connectivity index is 2.34. The molecule has 1 aromatic rings. The molecule has 1 aliphatic rings. The number of ether oxygens (including phenoxy) is 1. The topological polar surface area (TPSA) is 29.5 Å². The zero-order chi connectivity index (χ0) is 14.0. The minimum absolute atomic E-state index is 0.163. The van der Waals surface area contributed by atoms with Crippen LogP contribution in [-0.4, -0.2) is 18.3 Å². The number of aliphatic hydroxyl groups excluding tert-OH is 1. The van der Waals surface area contributed by atoms with E-state index >= 15 is 0 Å². The normalized spacial score (nSPS) is 24.5. The van der Waals surface area contributed by atoms with Crippen molar-refractivity contribution in [1.29, 1.82) is 0 Å². The van der Waals surface area contributed by atoms with Gasteiger partial charge in [-0.1, -0.05) is 6.07 Å². The summed E-state index contributed by atoms with van der Waals surface area (Å²) in [5.41, 5.74) is -1.04. The Morgan fingerprint density at radius 3 is 2.68 bits per heavy atom. The molecule has 6 heteroatoms. The van der Waals surface area contributed by atoms with Gasteiger partial charge in [0.1, 0.15) is 5.82 Å². The SMILES string of the molecule is OC[C@H]1CCCO[C@H]1c1ccc(F)c(C(F)(F)F)c1. The van der Waals surface area contributed by atoms with Crippen LogP contribution in [0.15, 0.2) is 18.2 Å². The van der Waals surface area contributed by atoms with E-state index in [0.29, 0.717) is 13.0 Å². The van der Waals surface area contributed by atoms with E-state index in [9.17, 15) is 22.7 Å². The van der Waals surface area contributed by atoms with E-state index in [2.05, 4.69) is 0 Å². The minimum Gasteiger partial charge on any atom is -0.396 e. The highest BCUT2D eigenvalue weighted by molar-refractivity contribution is 5.29. The van der Waals surface area contributed by atoms with Crippen LogP contribution in [0.1, 0.15) is 30.1 Å². The highest BCUT2D eigenvalue weighted by atomic mass is 19.4. The maximum Gasteiger partial charge on any atom is 0.419 e. The average Bonchev–Trinajstić information content (AvgIpc) is 2.38. The van der Waals surface area contributed by atoms with Gasteiger partial charge < -0.3 is 9.84 Å². The molecule has 1 aromatic carbocycles. The van der Waals surface area contributed by atoms with Crippen molar-refractivity contribution in [3.8, 4) is 0 Å². The average molecular weight is 278 g/mol. The van der Waals surface area contributed by atoms with Crippen LogP contribution in [0.2, 0.25) is 0 Å². The van der Waals surface area contributed by atoms with Crippen molar-refractivity contribution in [2.75, 3.05) is 13.2 Å². The Morgan fingerprint density at radius 1 is 1.32 bits per heavy atom. The van der Waals surface area contributed by atoms with Crippen molar-refractivity contribution >= 4 is 0 Å². The van der Waals surface area contributed by atoms with Crippen molar-refractivity contribution in [3.05, 3.63) is 35.1 Å². The van der Waals surface area contributed by atoms with Crippen molar-refractivity contribution in [2.24, 2.45) is 5.92 Å². The smallest absolute Gasteiger partial charge is 0.396 e. The number of hydrogen-bond donors (Lipinski definition) is 1. The van der Waals surface area contributed by atoms with Gasteiger partial charge in [0.05, 0.1) is 11.7 Å². The summed E-state index contributed by atoms with van der Waals surface area (Å²) in [6.45, 7) is 0.267. The lowest BCUT2D eigenvalue weighted by molar-refractivity contribution is -0.140. The van der Waals surface area contributed by atoms with Gasteiger partial charge in [-0.15, -0.1) is 0 Å². The summed E-state index contributed by atoms with van der Waals surface area (Å²) in [7, 11) is 0. The summed E-state index contributed by atoms with van der Waals surface area (Å²) in [5.74, 6) is -1.55. The van der Waals surface area contributed by atoms with Crippen molar-refractivity contribution in [1.82, 2.24) is 0 Å². The molecule has 0 amide bonds. The number of rotatable bonds is 2. The van der Waals surface area contributed by atoms with E-state index in [-0.39, 0.29) is 18.1 Å². The monoisotopic (exact) mass is 278 g/mol. The van der Waals surface area contributed by atoms with Crippen LogP contribution in [0.3, 0.4) is 0 Å². The third kappa shape index (κ3) is 3.06. The minimum atomic E-state index is -4.73. The van der Waals surface area contributed by atoms with Crippen LogP contribution in [0.4, 0.5) is 17.6 Å². The third-order valence-electron chi connectivity index (χ3n) is 3.30. The highest BCUT2D eigenvalue weighted by Crippen LogP contribution is 2.37. The molecule has 0 unspecified atom stereocenters. The van der Waals surface area contributed by atoms with E-state index in [1.54, 1.807) is 0 Å². The summed E-state index contributed by atoms with van der Waals surface area (Å²) < 4.78 is 56.6. The molecule has 0 aromatic heterocycles. The van der Waals surface area contributed by atoms with Crippen LogP contribution in [0.25, 0.3) is 0 Å². The molecule has 0 saturated carbocycles. The van der Waals surface area contributed by atoms with Gasteiger partial charge in [-0.25, -0.2) is 4.39 Å². The van der Waals surface area contributed by atoms with E-state index < -0.39 is 23.7 Å². The molecule has 2 atom stereocenters. The fraction of sp³-hybridized carbons (Fsp3) is 0.538. The first-order valence-electron chi connectivity index (χ1n) is 6.02. The summed E-state index contributed by atoms with van der Waals surface area (Å²) >= 11 is 0. The van der Waals surface area contributed by atoms with Gasteiger partial charge in [0.15, 0.2) is 0 Å². The van der Waals surface area contributed by atoms with Gasteiger partial charge in [0.2, 0.25) is 0 Å². The molecular weight excluding hydrogens is 264 g/mol.